The average Bonchev–Trinajstić information content (AvgIpc) is 3.29. The summed E-state index contributed by atoms with van der Waals surface area (Å²) in [5.74, 6) is 0.475. The molecule has 1 aliphatic rings. The Kier molecular flexibility index (Phi) is 7.23. The van der Waals surface area contributed by atoms with Gasteiger partial charge in [0.2, 0.25) is 5.91 Å². The van der Waals surface area contributed by atoms with Crippen molar-refractivity contribution in [2.24, 2.45) is 11.8 Å². The summed E-state index contributed by atoms with van der Waals surface area (Å²) < 4.78 is 6.98. The molecule has 1 saturated carbocycles. The second kappa shape index (κ2) is 10.5. The Balaban J connectivity index is 1.76. The minimum atomic E-state index is -0.474. The molecule has 6 nitrogen and oxygen atoms in total. The summed E-state index contributed by atoms with van der Waals surface area (Å²) in [6.45, 7) is 4.62. The maximum atomic E-state index is 13.8. The van der Waals surface area contributed by atoms with Crippen molar-refractivity contribution in [3.63, 3.8) is 0 Å². The summed E-state index contributed by atoms with van der Waals surface area (Å²) in [4.78, 5) is 28.4. The SMILES string of the molecule is CCOC(=O)c1cn(-c2ccccc2)nc1N(Cc1ccccc1)C(=O)C1CCC(C)CC1. The Labute approximate surface area is 195 Å². The van der Waals surface area contributed by atoms with E-state index in [0.29, 0.717) is 23.8 Å². The van der Waals surface area contributed by atoms with Crippen LogP contribution in [0.5, 0.6) is 0 Å². The second-order valence-corrected chi connectivity index (χ2v) is 8.73. The number of carbonyl (C=O) groups excluding carboxylic acids is 2. The van der Waals surface area contributed by atoms with E-state index >= 15 is 0 Å². The smallest absolute Gasteiger partial charge is 0.343 e. The number of rotatable bonds is 7. The number of carbonyl (C=O) groups is 2. The number of hydrogen-bond acceptors (Lipinski definition) is 4. The van der Waals surface area contributed by atoms with Crippen LogP contribution in [0.2, 0.25) is 0 Å². The van der Waals surface area contributed by atoms with Crippen molar-refractivity contribution in [3.8, 4) is 5.69 Å². The van der Waals surface area contributed by atoms with Gasteiger partial charge in [-0.1, -0.05) is 55.5 Å². The molecule has 0 radical (unpaired) electrons. The summed E-state index contributed by atoms with van der Waals surface area (Å²) in [5.41, 5.74) is 2.10. The van der Waals surface area contributed by atoms with Crippen molar-refractivity contribution < 1.29 is 14.3 Å². The van der Waals surface area contributed by atoms with E-state index in [9.17, 15) is 9.59 Å². The standard InChI is InChI=1S/C27H31N3O3/c1-3-33-27(32)24-19-30(23-12-8-5-9-13-23)28-25(24)29(18-21-10-6-4-7-11-21)26(31)22-16-14-20(2)15-17-22/h4-13,19-20,22H,3,14-18H2,1-2H3. The maximum Gasteiger partial charge on any atom is 0.343 e. The monoisotopic (exact) mass is 445 g/mol. The third-order valence-corrected chi connectivity index (χ3v) is 6.28. The number of amides is 1. The van der Waals surface area contributed by atoms with Gasteiger partial charge in [0, 0.05) is 12.1 Å². The van der Waals surface area contributed by atoms with Crippen LogP contribution >= 0.6 is 0 Å². The molecule has 0 aliphatic heterocycles. The van der Waals surface area contributed by atoms with Crippen molar-refractivity contribution in [3.05, 3.63) is 78.0 Å². The molecule has 1 aliphatic carbocycles. The molecule has 1 fully saturated rings. The summed E-state index contributed by atoms with van der Waals surface area (Å²) in [6, 6.07) is 19.4. The molecule has 1 aromatic heterocycles. The van der Waals surface area contributed by atoms with E-state index in [4.69, 9.17) is 9.84 Å². The lowest BCUT2D eigenvalue weighted by Gasteiger charge is -2.30. The van der Waals surface area contributed by atoms with Crippen LogP contribution < -0.4 is 4.90 Å². The molecule has 2 aromatic carbocycles. The Morgan fingerprint density at radius 1 is 1.00 bits per heavy atom. The van der Waals surface area contributed by atoms with Crippen LogP contribution in [0.4, 0.5) is 5.82 Å². The number of benzene rings is 2. The van der Waals surface area contributed by atoms with Gasteiger partial charge in [0.25, 0.3) is 0 Å². The first-order valence-corrected chi connectivity index (χ1v) is 11.7. The van der Waals surface area contributed by atoms with Gasteiger partial charge in [0.15, 0.2) is 5.82 Å². The topological polar surface area (TPSA) is 64.4 Å². The Hall–Kier alpha value is -3.41. The number of hydrogen-bond donors (Lipinski definition) is 0. The van der Waals surface area contributed by atoms with Gasteiger partial charge in [-0.05, 0) is 56.2 Å². The molecule has 1 amide bonds. The average molecular weight is 446 g/mol. The highest BCUT2D eigenvalue weighted by molar-refractivity contribution is 6.02. The molecule has 6 heteroatoms. The molecule has 0 saturated heterocycles. The summed E-state index contributed by atoms with van der Waals surface area (Å²) in [7, 11) is 0. The highest BCUT2D eigenvalue weighted by Crippen LogP contribution is 2.32. The minimum absolute atomic E-state index is 0.0228. The van der Waals surface area contributed by atoms with Gasteiger partial charge < -0.3 is 4.74 Å². The molecule has 0 atom stereocenters. The zero-order valence-corrected chi connectivity index (χ0v) is 19.3. The van der Waals surface area contributed by atoms with Gasteiger partial charge in [0.05, 0.1) is 18.8 Å². The van der Waals surface area contributed by atoms with E-state index < -0.39 is 5.97 Å². The normalized spacial score (nSPS) is 18.0. The van der Waals surface area contributed by atoms with E-state index in [-0.39, 0.29) is 18.4 Å². The Bertz CT molecular complexity index is 1070. The van der Waals surface area contributed by atoms with Crippen LogP contribution in [0.15, 0.2) is 66.9 Å². The van der Waals surface area contributed by atoms with E-state index in [2.05, 4.69) is 6.92 Å². The maximum absolute atomic E-state index is 13.8. The third-order valence-electron chi connectivity index (χ3n) is 6.28. The first-order chi connectivity index (χ1) is 16.1. The number of esters is 1. The fourth-order valence-corrected chi connectivity index (χ4v) is 4.38. The van der Waals surface area contributed by atoms with E-state index in [0.717, 1.165) is 36.9 Å². The van der Waals surface area contributed by atoms with Crippen molar-refractivity contribution in [1.82, 2.24) is 9.78 Å². The quantitative estimate of drug-likeness (QED) is 0.456. The van der Waals surface area contributed by atoms with Crippen LogP contribution in [0.25, 0.3) is 5.69 Å². The fraction of sp³-hybridized carbons (Fsp3) is 0.370. The van der Waals surface area contributed by atoms with Crippen LogP contribution in [-0.4, -0.2) is 28.3 Å². The molecule has 172 valence electrons. The largest absolute Gasteiger partial charge is 0.462 e. The highest BCUT2D eigenvalue weighted by atomic mass is 16.5. The van der Waals surface area contributed by atoms with Crippen molar-refractivity contribution in [2.75, 3.05) is 11.5 Å². The van der Waals surface area contributed by atoms with Crippen LogP contribution in [0.1, 0.15) is 55.5 Å². The molecule has 0 N–H and O–H groups in total. The lowest BCUT2D eigenvalue weighted by atomic mass is 9.82. The van der Waals surface area contributed by atoms with Gasteiger partial charge in [-0.3, -0.25) is 9.69 Å². The third kappa shape index (κ3) is 5.33. The first-order valence-electron chi connectivity index (χ1n) is 11.7. The predicted molar refractivity (Wildman–Crippen MR) is 128 cm³/mol. The van der Waals surface area contributed by atoms with Crippen molar-refractivity contribution >= 4 is 17.7 Å². The van der Waals surface area contributed by atoms with Crippen molar-refractivity contribution in [2.45, 2.75) is 46.1 Å². The molecule has 1 heterocycles. The molecule has 33 heavy (non-hydrogen) atoms. The van der Waals surface area contributed by atoms with Crippen LogP contribution in [0, 0.1) is 11.8 Å². The van der Waals surface area contributed by atoms with Crippen LogP contribution in [0.3, 0.4) is 0 Å². The van der Waals surface area contributed by atoms with Gasteiger partial charge in [-0.15, -0.1) is 5.10 Å². The highest BCUT2D eigenvalue weighted by Gasteiger charge is 2.33. The molecule has 3 aromatic rings. The first kappa shape index (κ1) is 22.8. The zero-order chi connectivity index (χ0) is 23.2. The summed E-state index contributed by atoms with van der Waals surface area (Å²) >= 11 is 0. The molecule has 0 bridgehead atoms. The van der Waals surface area contributed by atoms with Gasteiger partial charge in [-0.2, -0.15) is 0 Å². The van der Waals surface area contributed by atoms with Gasteiger partial charge in [-0.25, -0.2) is 9.48 Å². The summed E-state index contributed by atoms with van der Waals surface area (Å²) in [6.07, 6.45) is 5.47. The number of aromatic nitrogens is 2. The molecule has 4 rings (SSSR count). The zero-order valence-electron chi connectivity index (χ0n) is 19.3. The minimum Gasteiger partial charge on any atom is -0.462 e. The number of anilines is 1. The van der Waals surface area contributed by atoms with Crippen LogP contribution in [-0.2, 0) is 16.1 Å². The molecular weight excluding hydrogens is 414 g/mol. The van der Waals surface area contributed by atoms with Gasteiger partial charge >= 0.3 is 5.97 Å². The number of para-hydroxylation sites is 1. The lowest BCUT2D eigenvalue weighted by Crippen LogP contribution is -2.38. The number of ether oxygens (including phenoxy) is 1. The van der Waals surface area contributed by atoms with E-state index in [1.54, 1.807) is 22.7 Å². The predicted octanol–water partition coefficient (Wildman–Crippen LogP) is 5.41. The van der Waals surface area contributed by atoms with E-state index in [1.807, 2.05) is 60.7 Å². The molecule has 0 spiro atoms. The van der Waals surface area contributed by atoms with Gasteiger partial charge in [0.1, 0.15) is 5.56 Å². The fourth-order valence-electron chi connectivity index (χ4n) is 4.38. The van der Waals surface area contributed by atoms with Crippen molar-refractivity contribution in [1.29, 1.82) is 0 Å². The second-order valence-electron chi connectivity index (χ2n) is 8.73. The Morgan fingerprint density at radius 2 is 1.64 bits per heavy atom. The summed E-state index contributed by atoms with van der Waals surface area (Å²) in [5, 5.41) is 4.73. The molecule has 0 unspecified atom stereocenters. The Morgan fingerprint density at radius 3 is 2.27 bits per heavy atom. The number of nitrogens with zero attached hydrogens (tertiary/aromatic N) is 3. The lowest BCUT2D eigenvalue weighted by molar-refractivity contribution is -0.123. The van der Waals surface area contributed by atoms with E-state index in [1.165, 1.54) is 0 Å². The molecular formula is C27H31N3O3.